The smallest absolute Gasteiger partial charge is 0.229 e. The van der Waals surface area contributed by atoms with Gasteiger partial charge in [-0.25, -0.2) is 14.6 Å². The summed E-state index contributed by atoms with van der Waals surface area (Å²) >= 11 is 0. The van der Waals surface area contributed by atoms with E-state index in [-0.39, 0.29) is 5.75 Å². The lowest BCUT2D eigenvalue weighted by Gasteiger charge is -2.29. The Morgan fingerprint density at radius 1 is 1.19 bits per heavy atom. The molecule has 9 nitrogen and oxygen atoms in total. The van der Waals surface area contributed by atoms with Crippen LogP contribution in [0.1, 0.15) is 17.9 Å². The van der Waals surface area contributed by atoms with Gasteiger partial charge in [-0.1, -0.05) is 0 Å². The van der Waals surface area contributed by atoms with Crippen LogP contribution in [-0.4, -0.2) is 54.9 Å². The van der Waals surface area contributed by atoms with Crippen LogP contribution in [0, 0.1) is 6.92 Å². The van der Waals surface area contributed by atoms with E-state index in [0.29, 0.717) is 11.6 Å². The topological polar surface area (TPSA) is 104 Å². The molecule has 1 aromatic carbocycles. The Hall–Kier alpha value is -3.20. The fourth-order valence-corrected chi connectivity index (χ4v) is 2.89. The zero-order chi connectivity index (χ0) is 18.8. The molecule has 3 N–H and O–H groups in total. The second-order valence-electron chi connectivity index (χ2n) is 6.53. The predicted molar refractivity (Wildman–Crippen MR) is 103 cm³/mol. The molecule has 0 amide bonds. The van der Waals surface area contributed by atoms with Crippen molar-refractivity contribution in [2.75, 3.05) is 30.8 Å². The van der Waals surface area contributed by atoms with Crippen LogP contribution in [0.5, 0.6) is 5.75 Å². The number of phenols is 1. The number of rotatable bonds is 6. The molecule has 4 rings (SSSR count). The van der Waals surface area contributed by atoms with Gasteiger partial charge >= 0.3 is 0 Å². The third kappa shape index (κ3) is 3.82. The molecule has 2 aromatic heterocycles. The molecule has 0 radical (unpaired) electrons. The lowest BCUT2D eigenvalue weighted by Crippen LogP contribution is -2.36. The number of aromatic nitrogens is 5. The average Bonchev–Trinajstić information content (AvgIpc) is 3.08. The van der Waals surface area contributed by atoms with Gasteiger partial charge in [0.2, 0.25) is 5.95 Å². The van der Waals surface area contributed by atoms with E-state index in [1.807, 2.05) is 20.0 Å². The molecule has 9 heteroatoms. The molecule has 1 aliphatic rings. The van der Waals surface area contributed by atoms with Crippen molar-refractivity contribution in [1.29, 1.82) is 0 Å². The van der Waals surface area contributed by atoms with Gasteiger partial charge in [0.25, 0.3) is 0 Å². The van der Waals surface area contributed by atoms with Crippen molar-refractivity contribution < 1.29 is 5.11 Å². The summed E-state index contributed by atoms with van der Waals surface area (Å²) < 4.78 is 1.59. The third-order valence-corrected chi connectivity index (χ3v) is 4.44. The van der Waals surface area contributed by atoms with Gasteiger partial charge in [-0.05, 0) is 44.6 Å². The van der Waals surface area contributed by atoms with Gasteiger partial charge in [0.15, 0.2) is 5.82 Å². The summed E-state index contributed by atoms with van der Waals surface area (Å²) in [6.07, 6.45) is 2.85. The van der Waals surface area contributed by atoms with E-state index < -0.39 is 0 Å². The van der Waals surface area contributed by atoms with Gasteiger partial charge in [-0.2, -0.15) is 4.98 Å². The van der Waals surface area contributed by atoms with Gasteiger partial charge < -0.3 is 15.7 Å². The van der Waals surface area contributed by atoms with E-state index >= 15 is 0 Å². The first-order chi connectivity index (χ1) is 13.1. The molecular formula is C18H22N8O. The van der Waals surface area contributed by atoms with Gasteiger partial charge in [-0.3, -0.25) is 4.90 Å². The van der Waals surface area contributed by atoms with Crippen molar-refractivity contribution in [1.82, 2.24) is 29.6 Å². The Kier molecular flexibility index (Phi) is 4.59. The molecule has 1 saturated heterocycles. The van der Waals surface area contributed by atoms with Gasteiger partial charge in [0, 0.05) is 24.5 Å². The predicted octanol–water partition coefficient (Wildman–Crippen LogP) is 2.06. The summed E-state index contributed by atoms with van der Waals surface area (Å²) in [4.78, 5) is 15.4. The maximum absolute atomic E-state index is 10.3. The highest BCUT2D eigenvalue weighted by Crippen LogP contribution is 2.26. The molecule has 140 valence electrons. The number of anilines is 3. The number of phenolic OH excluding ortho intramolecular Hbond substituents is 1. The van der Waals surface area contributed by atoms with Crippen molar-refractivity contribution in [3.63, 3.8) is 0 Å². The number of nitrogens with one attached hydrogen (secondary N) is 2. The maximum Gasteiger partial charge on any atom is 0.229 e. The SMILES string of the molecule is CNc1cc(C)nc(Nc2ccc(O)c(-n3cnc(CN4CCC4)n3)c2)n1. The Balaban J connectivity index is 1.57. The first kappa shape index (κ1) is 17.2. The number of aryl methyl sites for hydroxylation is 1. The number of hydrogen-bond donors (Lipinski definition) is 3. The Labute approximate surface area is 157 Å². The quantitative estimate of drug-likeness (QED) is 0.570. The van der Waals surface area contributed by atoms with Crippen LogP contribution in [0.4, 0.5) is 17.5 Å². The Morgan fingerprint density at radius 2 is 2.04 bits per heavy atom. The lowest BCUT2D eigenvalue weighted by atomic mass is 10.2. The van der Waals surface area contributed by atoms with E-state index in [1.54, 1.807) is 29.2 Å². The lowest BCUT2D eigenvalue weighted by molar-refractivity contribution is 0.168. The van der Waals surface area contributed by atoms with Crippen LogP contribution in [0.25, 0.3) is 5.69 Å². The molecule has 0 unspecified atom stereocenters. The van der Waals surface area contributed by atoms with Crippen LogP contribution in [0.3, 0.4) is 0 Å². The van der Waals surface area contributed by atoms with Crippen molar-refractivity contribution in [3.8, 4) is 11.4 Å². The molecule has 1 aliphatic heterocycles. The fourth-order valence-electron chi connectivity index (χ4n) is 2.89. The number of hydrogen-bond acceptors (Lipinski definition) is 8. The van der Waals surface area contributed by atoms with Crippen molar-refractivity contribution >= 4 is 17.5 Å². The molecule has 0 aliphatic carbocycles. The number of nitrogens with zero attached hydrogens (tertiary/aromatic N) is 6. The van der Waals surface area contributed by atoms with E-state index in [0.717, 1.165) is 42.7 Å². The highest BCUT2D eigenvalue weighted by Gasteiger charge is 2.17. The van der Waals surface area contributed by atoms with E-state index in [1.165, 1.54) is 6.42 Å². The first-order valence-electron chi connectivity index (χ1n) is 8.87. The summed E-state index contributed by atoms with van der Waals surface area (Å²) in [6.45, 7) is 4.81. The van der Waals surface area contributed by atoms with E-state index in [9.17, 15) is 5.11 Å². The zero-order valence-corrected chi connectivity index (χ0v) is 15.3. The van der Waals surface area contributed by atoms with Crippen LogP contribution < -0.4 is 10.6 Å². The largest absolute Gasteiger partial charge is 0.506 e. The number of benzene rings is 1. The van der Waals surface area contributed by atoms with Crippen LogP contribution in [-0.2, 0) is 6.54 Å². The fraction of sp³-hybridized carbons (Fsp3) is 0.333. The van der Waals surface area contributed by atoms with Gasteiger partial charge in [-0.15, -0.1) is 5.10 Å². The number of aromatic hydroxyl groups is 1. The first-order valence-corrected chi connectivity index (χ1v) is 8.87. The normalized spacial score (nSPS) is 14.0. The van der Waals surface area contributed by atoms with Gasteiger partial charge in [0.05, 0.1) is 6.54 Å². The summed E-state index contributed by atoms with van der Waals surface area (Å²) in [5.74, 6) is 2.08. The molecular weight excluding hydrogens is 344 g/mol. The van der Waals surface area contributed by atoms with Crippen LogP contribution in [0.15, 0.2) is 30.6 Å². The standard InChI is InChI=1S/C18H22N8O/c1-12-8-16(19-2)23-18(21-12)22-13-4-5-15(27)14(9-13)26-11-20-17(24-26)10-25-6-3-7-25/h4-5,8-9,11,27H,3,6-7,10H2,1-2H3,(H2,19,21,22,23). The Bertz CT molecular complexity index is 950. The minimum absolute atomic E-state index is 0.127. The number of likely N-dealkylation sites (tertiary alicyclic amines) is 1. The van der Waals surface area contributed by atoms with Crippen LogP contribution >= 0.6 is 0 Å². The van der Waals surface area contributed by atoms with Crippen molar-refractivity contribution in [2.24, 2.45) is 0 Å². The molecule has 3 aromatic rings. The summed E-state index contributed by atoms with van der Waals surface area (Å²) in [6, 6.07) is 7.04. The molecule has 0 bridgehead atoms. The zero-order valence-electron chi connectivity index (χ0n) is 15.3. The van der Waals surface area contributed by atoms with E-state index in [2.05, 4.69) is 35.6 Å². The average molecular weight is 366 g/mol. The highest BCUT2D eigenvalue weighted by molar-refractivity contribution is 5.62. The second-order valence-corrected chi connectivity index (χ2v) is 6.53. The second kappa shape index (κ2) is 7.20. The molecule has 0 saturated carbocycles. The minimum Gasteiger partial charge on any atom is -0.506 e. The summed E-state index contributed by atoms with van der Waals surface area (Å²) in [5.41, 5.74) is 2.14. The molecule has 0 spiro atoms. The molecule has 0 atom stereocenters. The van der Waals surface area contributed by atoms with Crippen molar-refractivity contribution in [3.05, 3.63) is 42.1 Å². The molecule has 27 heavy (non-hydrogen) atoms. The summed E-state index contributed by atoms with van der Waals surface area (Å²) in [5, 5.41) is 20.9. The third-order valence-electron chi connectivity index (χ3n) is 4.44. The van der Waals surface area contributed by atoms with E-state index in [4.69, 9.17) is 0 Å². The van der Waals surface area contributed by atoms with Crippen molar-refractivity contribution in [2.45, 2.75) is 19.9 Å². The van der Waals surface area contributed by atoms with Gasteiger partial charge in [0.1, 0.15) is 23.6 Å². The molecule has 3 heterocycles. The maximum atomic E-state index is 10.3. The van der Waals surface area contributed by atoms with Crippen LogP contribution in [0.2, 0.25) is 0 Å². The monoisotopic (exact) mass is 366 g/mol. The highest BCUT2D eigenvalue weighted by atomic mass is 16.3. The summed E-state index contributed by atoms with van der Waals surface area (Å²) in [7, 11) is 1.81. The Morgan fingerprint density at radius 3 is 2.78 bits per heavy atom. The minimum atomic E-state index is 0.127. The molecule has 1 fully saturated rings.